The number of furan rings is 1. The Morgan fingerprint density at radius 2 is 2.24 bits per heavy atom. The van der Waals surface area contributed by atoms with Crippen molar-refractivity contribution in [3.63, 3.8) is 0 Å². The number of pyridine rings is 1. The maximum absolute atomic E-state index is 11.7. The molecule has 0 aliphatic carbocycles. The molecule has 88 valence electrons. The highest BCUT2D eigenvalue weighted by Crippen LogP contribution is 2.09. The van der Waals surface area contributed by atoms with Crippen LogP contribution in [0.5, 0.6) is 0 Å². The molecule has 1 N–H and O–H groups in total. The molecule has 17 heavy (non-hydrogen) atoms. The second-order valence-corrected chi connectivity index (χ2v) is 4.33. The summed E-state index contributed by atoms with van der Waals surface area (Å²) < 4.78 is 6.87. The van der Waals surface area contributed by atoms with Crippen molar-refractivity contribution >= 4 is 27.5 Å². The zero-order chi connectivity index (χ0) is 12.4. The number of anilines is 1. The molecule has 0 spiro atoms. The highest BCUT2D eigenvalue weighted by Gasteiger charge is 2.11. The largest absolute Gasteiger partial charge is 0.472 e. The number of hydrogen-bond donors (Lipinski definition) is 1. The Kier molecular flexibility index (Phi) is 3.14. The predicted molar refractivity (Wildman–Crippen MR) is 66.0 cm³/mol. The Morgan fingerprint density at radius 3 is 2.88 bits per heavy atom. The van der Waals surface area contributed by atoms with Gasteiger partial charge in [0.05, 0.1) is 16.3 Å². The molecule has 0 aliphatic heterocycles. The molecule has 1 amide bonds. The fourth-order valence-corrected chi connectivity index (χ4v) is 1.88. The van der Waals surface area contributed by atoms with Crippen LogP contribution in [0.15, 0.2) is 44.7 Å². The zero-order valence-electron chi connectivity index (χ0n) is 8.94. The summed E-state index contributed by atoms with van der Waals surface area (Å²) in [5.74, 6) is -0.381. The Balaban J connectivity index is 2.31. The first-order valence-corrected chi connectivity index (χ1v) is 5.56. The molecular formula is C11H9BrN2O3. The van der Waals surface area contributed by atoms with Crippen molar-refractivity contribution in [3.05, 3.63) is 51.2 Å². The lowest BCUT2D eigenvalue weighted by atomic mass is 10.3. The van der Waals surface area contributed by atoms with E-state index in [1.807, 2.05) is 0 Å². The Morgan fingerprint density at radius 1 is 1.47 bits per heavy atom. The molecule has 2 heterocycles. The lowest BCUT2D eigenvalue weighted by molar-refractivity contribution is 0.102. The van der Waals surface area contributed by atoms with Crippen LogP contribution in [0.25, 0.3) is 0 Å². The molecule has 0 aliphatic rings. The van der Waals surface area contributed by atoms with E-state index in [-0.39, 0.29) is 17.0 Å². The monoisotopic (exact) mass is 296 g/mol. The number of aryl methyl sites for hydroxylation is 1. The maximum Gasteiger partial charge on any atom is 0.259 e. The molecule has 0 aromatic carbocycles. The molecule has 0 bridgehead atoms. The van der Waals surface area contributed by atoms with Gasteiger partial charge in [0.15, 0.2) is 0 Å². The van der Waals surface area contributed by atoms with E-state index in [2.05, 4.69) is 21.2 Å². The van der Waals surface area contributed by atoms with Crippen LogP contribution >= 0.6 is 15.9 Å². The van der Waals surface area contributed by atoms with Gasteiger partial charge in [0, 0.05) is 19.4 Å². The van der Waals surface area contributed by atoms with E-state index in [1.54, 1.807) is 24.0 Å². The molecule has 2 aromatic rings. The van der Waals surface area contributed by atoms with E-state index >= 15 is 0 Å². The minimum absolute atomic E-state index is 0.216. The van der Waals surface area contributed by atoms with Gasteiger partial charge in [-0.15, -0.1) is 0 Å². The highest BCUT2D eigenvalue weighted by molar-refractivity contribution is 9.10. The topological polar surface area (TPSA) is 64.2 Å². The summed E-state index contributed by atoms with van der Waals surface area (Å²) in [7, 11) is 1.76. The smallest absolute Gasteiger partial charge is 0.259 e. The van der Waals surface area contributed by atoms with E-state index < -0.39 is 0 Å². The van der Waals surface area contributed by atoms with Gasteiger partial charge in [-0.1, -0.05) is 0 Å². The molecule has 2 rings (SSSR count). The van der Waals surface area contributed by atoms with Gasteiger partial charge in [0.25, 0.3) is 5.91 Å². The summed E-state index contributed by atoms with van der Waals surface area (Å²) in [6, 6.07) is 1.53. The quantitative estimate of drug-likeness (QED) is 0.922. The lowest BCUT2D eigenvalue weighted by Gasteiger charge is -2.06. The molecular weight excluding hydrogens is 288 g/mol. The van der Waals surface area contributed by atoms with Crippen LogP contribution < -0.4 is 10.7 Å². The average Bonchev–Trinajstić information content (AvgIpc) is 2.78. The van der Waals surface area contributed by atoms with Gasteiger partial charge < -0.3 is 14.3 Å². The van der Waals surface area contributed by atoms with E-state index in [0.717, 1.165) is 0 Å². The minimum atomic E-state index is -0.381. The molecule has 5 nitrogen and oxygen atoms in total. The first-order chi connectivity index (χ1) is 8.08. The molecule has 0 fully saturated rings. The Labute approximate surface area is 105 Å². The molecule has 0 atom stereocenters. The summed E-state index contributed by atoms with van der Waals surface area (Å²) in [5.41, 5.74) is 0.319. The average molecular weight is 297 g/mol. The molecule has 6 heteroatoms. The van der Waals surface area contributed by atoms with Crippen molar-refractivity contribution in [2.24, 2.45) is 7.05 Å². The third-order valence-electron chi connectivity index (χ3n) is 2.14. The second kappa shape index (κ2) is 4.58. The number of nitrogens with one attached hydrogen (secondary N) is 1. The van der Waals surface area contributed by atoms with Crippen LogP contribution in [-0.4, -0.2) is 10.5 Å². The summed E-state index contributed by atoms with van der Waals surface area (Å²) in [6.45, 7) is 0. The van der Waals surface area contributed by atoms with Gasteiger partial charge in [-0.25, -0.2) is 0 Å². The van der Waals surface area contributed by atoms with Crippen molar-refractivity contribution in [1.82, 2.24) is 4.57 Å². The van der Waals surface area contributed by atoms with E-state index in [9.17, 15) is 9.59 Å². The van der Waals surface area contributed by atoms with Gasteiger partial charge in [-0.2, -0.15) is 0 Å². The second-order valence-electron chi connectivity index (χ2n) is 3.48. The van der Waals surface area contributed by atoms with Crippen molar-refractivity contribution in [2.75, 3.05) is 5.32 Å². The Bertz CT molecular complexity index is 602. The van der Waals surface area contributed by atoms with Gasteiger partial charge in [-0.05, 0) is 22.0 Å². The van der Waals surface area contributed by atoms with Crippen LogP contribution in [0.2, 0.25) is 0 Å². The number of amides is 1. The molecule has 2 aromatic heterocycles. The number of rotatable bonds is 2. The van der Waals surface area contributed by atoms with E-state index in [0.29, 0.717) is 10.0 Å². The molecule has 0 unspecified atom stereocenters. The van der Waals surface area contributed by atoms with Crippen molar-refractivity contribution < 1.29 is 9.21 Å². The van der Waals surface area contributed by atoms with E-state index in [1.165, 1.54) is 18.6 Å². The van der Waals surface area contributed by atoms with Gasteiger partial charge >= 0.3 is 0 Å². The minimum Gasteiger partial charge on any atom is -0.472 e. The number of aromatic nitrogens is 1. The fourth-order valence-electron chi connectivity index (χ4n) is 1.34. The first kappa shape index (κ1) is 11.7. The lowest BCUT2D eigenvalue weighted by Crippen LogP contribution is -2.19. The van der Waals surface area contributed by atoms with Crippen LogP contribution in [0.4, 0.5) is 5.69 Å². The van der Waals surface area contributed by atoms with Gasteiger partial charge in [0.2, 0.25) is 5.43 Å². The maximum atomic E-state index is 11.7. The fraction of sp³-hybridized carbons (Fsp3) is 0.0909. The van der Waals surface area contributed by atoms with Crippen molar-refractivity contribution in [1.29, 1.82) is 0 Å². The molecule has 0 saturated carbocycles. The number of carbonyl (C=O) groups is 1. The predicted octanol–water partition coefficient (Wildman–Crippen LogP) is 1.99. The third-order valence-corrected chi connectivity index (χ3v) is 2.71. The number of hydrogen-bond acceptors (Lipinski definition) is 3. The van der Waals surface area contributed by atoms with Crippen LogP contribution in [-0.2, 0) is 7.05 Å². The summed E-state index contributed by atoms with van der Waals surface area (Å²) in [6.07, 6.45) is 5.88. The molecule has 0 radical (unpaired) electrons. The van der Waals surface area contributed by atoms with Crippen molar-refractivity contribution in [3.8, 4) is 0 Å². The normalized spacial score (nSPS) is 10.2. The third kappa shape index (κ3) is 2.47. The summed E-state index contributed by atoms with van der Waals surface area (Å²) >= 11 is 3.13. The first-order valence-electron chi connectivity index (χ1n) is 4.77. The number of carbonyl (C=O) groups excluding carboxylic acids is 1. The SMILES string of the molecule is Cn1cc(Br)c(=O)c(NC(=O)c2ccoc2)c1. The van der Waals surface area contributed by atoms with Crippen LogP contribution in [0.1, 0.15) is 10.4 Å². The van der Waals surface area contributed by atoms with E-state index in [4.69, 9.17) is 4.42 Å². The zero-order valence-corrected chi connectivity index (χ0v) is 10.5. The van der Waals surface area contributed by atoms with Gasteiger partial charge in [-0.3, -0.25) is 9.59 Å². The summed E-state index contributed by atoms with van der Waals surface area (Å²) in [5, 5.41) is 2.53. The van der Waals surface area contributed by atoms with Gasteiger partial charge in [0.1, 0.15) is 12.0 Å². The highest BCUT2D eigenvalue weighted by atomic mass is 79.9. The number of halogens is 1. The summed E-state index contributed by atoms with van der Waals surface area (Å²) in [4.78, 5) is 23.4. The van der Waals surface area contributed by atoms with Crippen LogP contribution in [0, 0.1) is 0 Å². The standard InChI is InChI=1S/C11H9BrN2O3/c1-14-4-8(12)10(15)9(5-14)13-11(16)7-2-3-17-6-7/h2-6H,1H3,(H,13,16). The molecule has 0 saturated heterocycles. The number of nitrogens with zero attached hydrogens (tertiary/aromatic N) is 1. The Hall–Kier alpha value is -1.82. The van der Waals surface area contributed by atoms with Crippen molar-refractivity contribution in [2.45, 2.75) is 0 Å². The van der Waals surface area contributed by atoms with Crippen LogP contribution in [0.3, 0.4) is 0 Å².